The number of carbonyl (C=O) groups is 1. The molecule has 8 heteroatoms. The van der Waals surface area contributed by atoms with Gasteiger partial charge in [0.2, 0.25) is 0 Å². The minimum Gasteiger partial charge on any atom is -0.444 e. The summed E-state index contributed by atoms with van der Waals surface area (Å²) in [4.78, 5) is 21.1. The van der Waals surface area contributed by atoms with E-state index in [2.05, 4.69) is 15.3 Å². The van der Waals surface area contributed by atoms with Crippen molar-refractivity contribution in [1.29, 1.82) is 0 Å². The van der Waals surface area contributed by atoms with E-state index in [1.165, 1.54) is 12.7 Å². The molecule has 0 spiro atoms. The zero-order chi connectivity index (χ0) is 20.6. The number of anilines is 1. The molecule has 29 heavy (non-hydrogen) atoms. The zero-order valence-corrected chi connectivity index (χ0v) is 17.5. The van der Waals surface area contributed by atoms with Crippen molar-refractivity contribution in [3.8, 4) is 0 Å². The third-order valence-corrected chi connectivity index (χ3v) is 5.10. The van der Waals surface area contributed by atoms with E-state index in [0.29, 0.717) is 23.3 Å². The number of aromatic nitrogens is 4. The van der Waals surface area contributed by atoms with Crippen molar-refractivity contribution in [3.05, 3.63) is 46.9 Å². The fourth-order valence-corrected chi connectivity index (χ4v) is 3.60. The Bertz CT molecular complexity index is 1050. The van der Waals surface area contributed by atoms with E-state index in [4.69, 9.17) is 21.4 Å². The van der Waals surface area contributed by atoms with Gasteiger partial charge in [-0.05, 0) is 57.7 Å². The summed E-state index contributed by atoms with van der Waals surface area (Å²) < 4.78 is 7.37. The standard InChI is InChI=1S/C21H24ClN5O2/c1-21(2,3)29-20(28)25-18-17-16(11-13-6-4-7-14(22)10-13)26-27(15-8-5-9-15)19(17)24-12-23-18/h4,6-7,10,12,15H,5,8-9,11H2,1-3H3,(H,23,24,25,28). The van der Waals surface area contributed by atoms with E-state index in [1.807, 2.05) is 49.7 Å². The maximum atomic E-state index is 12.4. The quantitative estimate of drug-likeness (QED) is 0.640. The summed E-state index contributed by atoms with van der Waals surface area (Å²) in [6, 6.07) is 8.01. The van der Waals surface area contributed by atoms with E-state index >= 15 is 0 Å². The Balaban J connectivity index is 1.75. The topological polar surface area (TPSA) is 81.9 Å². The Morgan fingerprint density at radius 3 is 2.76 bits per heavy atom. The smallest absolute Gasteiger partial charge is 0.413 e. The molecule has 1 aromatic carbocycles. The number of ether oxygens (including phenoxy) is 1. The number of hydrogen-bond donors (Lipinski definition) is 1. The van der Waals surface area contributed by atoms with Crippen molar-refractivity contribution in [2.75, 3.05) is 5.32 Å². The van der Waals surface area contributed by atoms with Crippen molar-refractivity contribution < 1.29 is 9.53 Å². The first-order valence-electron chi connectivity index (χ1n) is 9.77. The van der Waals surface area contributed by atoms with Crippen molar-refractivity contribution >= 4 is 34.5 Å². The number of carbonyl (C=O) groups excluding carboxylic acids is 1. The average Bonchev–Trinajstić information content (AvgIpc) is 2.91. The molecule has 0 saturated heterocycles. The Kier molecular flexibility index (Phi) is 5.17. The van der Waals surface area contributed by atoms with E-state index in [-0.39, 0.29) is 0 Å². The molecule has 4 rings (SSSR count). The summed E-state index contributed by atoms with van der Waals surface area (Å²) in [5, 5.41) is 9.05. The number of fused-ring (bicyclic) bond motifs is 1. The maximum Gasteiger partial charge on any atom is 0.413 e. The van der Waals surface area contributed by atoms with Gasteiger partial charge >= 0.3 is 6.09 Å². The second-order valence-corrected chi connectivity index (χ2v) is 8.77. The van der Waals surface area contributed by atoms with Crippen LogP contribution in [0.5, 0.6) is 0 Å². The van der Waals surface area contributed by atoms with E-state index in [9.17, 15) is 4.79 Å². The predicted molar refractivity (Wildman–Crippen MR) is 112 cm³/mol. The van der Waals surface area contributed by atoms with Gasteiger partial charge in [0.05, 0.1) is 17.1 Å². The van der Waals surface area contributed by atoms with Crippen molar-refractivity contribution in [2.45, 2.75) is 58.1 Å². The van der Waals surface area contributed by atoms with Crippen molar-refractivity contribution in [2.24, 2.45) is 0 Å². The SMILES string of the molecule is CC(C)(C)OC(=O)Nc1ncnc2c1c(Cc1cccc(Cl)c1)nn2C1CCC1. The molecule has 1 aliphatic carbocycles. The molecular formula is C21H24ClN5O2. The lowest BCUT2D eigenvalue weighted by atomic mass is 9.93. The lowest BCUT2D eigenvalue weighted by Crippen LogP contribution is -2.27. The fourth-order valence-electron chi connectivity index (χ4n) is 3.39. The van der Waals surface area contributed by atoms with Gasteiger partial charge in [-0.2, -0.15) is 5.10 Å². The number of hydrogen-bond acceptors (Lipinski definition) is 5. The minimum atomic E-state index is -0.601. The lowest BCUT2D eigenvalue weighted by Gasteiger charge is -2.25. The third-order valence-electron chi connectivity index (χ3n) is 4.86. The summed E-state index contributed by atoms with van der Waals surface area (Å²) >= 11 is 6.15. The average molecular weight is 414 g/mol. The van der Waals surface area contributed by atoms with Crippen LogP contribution in [0.1, 0.15) is 57.3 Å². The second-order valence-electron chi connectivity index (χ2n) is 8.33. The molecule has 1 saturated carbocycles. The molecule has 1 aliphatic rings. The van der Waals surface area contributed by atoms with Crippen LogP contribution in [-0.2, 0) is 11.2 Å². The van der Waals surface area contributed by atoms with E-state index in [1.54, 1.807) is 0 Å². The van der Waals surface area contributed by atoms with Crippen LogP contribution in [0.25, 0.3) is 11.0 Å². The molecule has 1 amide bonds. The van der Waals surface area contributed by atoms with Gasteiger partial charge in [0.1, 0.15) is 17.7 Å². The predicted octanol–water partition coefficient (Wildman–Crippen LogP) is 5.14. The number of halogens is 1. The van der Waals surface area contributed by atoms with Gasteiger partial charge in [0.25, 0.3) is 0 Å². The monoisotopic (exact) mass is 413 g/mol. The molecule has 0 aliphatic heterocycles. The number of nitrogens with zero attached hydrogens (tertiary/aromatic N) is 4. The van der Waals surface area contributed by atoms with Crippen LogP contribution in [0.3, 0.4) is 0 Å². The minimum absolute atomic E-state index is 0.329. The van der Waals surface area contributed by atoms with Crippen LogP contribution in [0.2, 0.25) is 5.02 Å². The van der Waals surface area contributed by atoms with Gasteiger partial charge < -0.3 is 4.74 Å². The molecule has 1 fully saturated rings. The fraction of sp³-hybridized carbons (Fsp3) is 0.429. The number of rotatable bonds is 4. The van der Waals surface area contributed by atoms with Gasteiger partial charge in [-0.25, -0.2) is 19.4 Å². The molecule has 0 bridgehead atoms. The molecule has 2 aromatic heterocycles. The van der Waals surface area contributed by atoms with Crippen LogP contribution in [0.15, 0.2) is 30.6 Å². The highest BCUT2D eigenvalue weighted by Crippen LogP contribution is 2.36. The van der Waals surface area contributed by atoms with Gasteiger partial charge in [0, 0.05) is 11.4 Å². The summed E-state index contributed by atoms with van der Waals surface area (Å²) in [5.41, 5.74) is 1.97. The molecule has 0 atom stereocenters. The van der Waals surface area contributed by atoms with Crippen LogP contribution >= 0.6 is 11.6 Å². The molecule has 0 unspecified atom stereocenters. The number of nitrogens with one attached hydrogen (secondary N) is 1. The first-order chi connectivity index (χ1) is 13.8. The van der Waals surface area contributed by atoms with Gasteiger partial charge in [-0.15, -0.1) is 0 Å². The first kappa shape index (κ1) is 19.6. The summed E-state index contributed by atoms with van der Waals surface area (Å²) in [6.45, 7) is 5.46. The Morgan fingerprint density at radius 1 is 1.31 bits per heavy atom. The molecule has 1 N–H and O–H groups in total. The van der Waals surface area contributed by atoms with Gasteiger partial charge in [-0.1, -0.05) is 23.7 Å². The Morgan fingerprint density at radius 2 is 2.10 bits per heavy atom. The largest absolute Gasteiger partial charge is 0.444 e. The van der Waals surface area contributed by atoms with Crippen LogP contribution < -0.4 is 5.32 Å². The Hall–Kier alpha value is -2.67. The summed E-state index contributed by atoms with van der Waals surface area (Å²) in [5.74, 6) is 0.409. The third kappa shape index (κ3) is 4.34. The normalized spacial score (nSPS) is 14.6. The number of benzene rings is 1. The maximum absolute atomic E-state index is 12.4. The van der Waals surface area contributed by atoms with Crippen molar-refractivity contribution in [3.63, 3.8) is 0 Å². The number of amides is 1. The molecule has 0 radical (unpaired) electrons. The van der Waals surface area contributed by atoms with Crippen LogP contribution in [0.4, 0.5) is 10.6 Å². The summed E-state index contributed by atoms with van der Waals surface area (Å²) in [7, 11) is 0. The highest BCUT2D eigenvalue weighted by molar-refractivity contribution is 6.30. The van der Waals surface area contributed by atoms with Crippen LogP contribution in [-0.4, -0.2) is 31.4 Å². The lowest BCUT2D eigenvalue weighted by molar-refractivity contribution is 0.0635. The molecular weight excluding hydrogens is 390 g/mol. The van der Waals surface area contributed by atoms with Crippen LogP contribution in [0, 0.1) is 0 Å². The van der Waals surface area contributed by atoms with Gasteiger partial charge in [0.15, 0.2) is 5.65 Å². The van der Waals surface area contributed by atoms with E-state index < -0.39 is 11.7 Å². The molecule has 3 aromatic rings. The highest BCUT2D eigenvalue weighted by atomic mass is 35.5. The van der Waals surface area contributed by atoms with E-state index in [0.717, 1.165) is 35.1 Å². The van der Waals surface area contributed by atoms with Gasteiger partial charge in [-0.3, -0.25) is 5.32 Å². The second kappa shape index (κ2) is 7.63. The first-order valence-corrected chi connectivity index (χ1v) is 10.1. The Labute approximate surface area is 174 Å². The zero-order valence-electron chi connectivity index (χ0n) is 16.8. The molecule has 152 valence electrons. The molecule has 7 nitrogen and oxygen atoms in total. The summed E-state index contributed by atoms with van der Waals surface area (Å²) in [6.07, 6.45) is 4.80. The van der Waals surface area contributed by atoms with Crippen molar-refractivity contribution in [1.82, 2.24) is 19.7 Å². The highest BCUT2D eigenvalue weighted by Gasteiger charge is 2.27. The molecule has 2 heterocycles.